The fourth-order valence-corrected chi connectivity index (χ4v) is 2.85. The number of rotatable bonds is 2. The first-order valence-electron chi connectivity index (χ1n) is 7.07. The van der Waals surface area contributed by atoms with Crippen LogP contribution in [-0.4, -0.2) is 33.4 Å². The van der Waals surface area contributed by atoms with Crippen LogP contribution in [-0.2, 0) is 4.74 Å². The summed E-state index contributed by atoms with van der Waals surface area (Å²) in [5, 5.41) is 9.44. The van der Waals surface area contributed by atoms with Crippen molar-refractivity contribution in [3.8, 4) is 11.3 Å². The Morgan fingerprint density at radius 1 is 1.36 bits per heavy atom. The molecule has 22 heavy (non-hydrogen) atoms. The molecule has 1 atom stereocenters. The lowest BCUT2D eigenvalue weighted by atomic mass is 10.0. The van der Waals surface area contributed by atoms with Crippen LogP contribution < -0.4 is 0 Å². The van der Waals surface area contributed by atoms with Crippen LogP contribution in [0, 0.1) is 6.92 Å². The molecule has 1 amide bonds. The highest BCUT2D eigenvalue weighted by Crippen LogP contribution is 2.37. The molecule has 1 N–H and O–H groups in total. The van der Waals surface area contributed by atoms with Gasteiger partial charge in [0.1, 0.15) is 5.72 Å². The van der Waals surface area contributed by atoms with Crippen LogP contribution in [0.4, 0.5) is 4.79 Å². The molecule has 2 aromatic rings. The Bertz CT molecular complexity index is 690. The van der Waals surface area contributed by atoms with E-state index in [9.17, 15) is 9.90 Å². The van der Waals surface area contributed by atoms with Crippen molar-refractivity contribution in [2.75, 3.05) is 6.61 Å². The second-order valence-electron chi connectivity index (χ2n) is 5.82. The Labute approximate surface area is 128 Å². The first-order chi connectivity index (χ1) is 10.4. The number of carboxylic acid groups (broad SMARTS) is 1. The third kappa shape index (κ3) is 2.35. The van der Waals surface area contributed by atoms with Crippen LogP contribution in [0.3, 0.4) is 0 Å². The van der Waals surface area contributed by atoms with Crippen LogP contribution >= 0.6 is 0 Å². The van der Waals surface area contributed by atoms with Gasteiger partial charge in [0.2, 0.25) is 0 Å². The fraction of sp³-hybridized carbons (Fsp3) is 0.375. The van der Waals surface area contributed by atoms with Crippen molar-refractivity contribution in [3.63, 3.8) is 0 Å². The summed E-state index contributed by atoms with van der Waals surface area (Å²) in [6, 6.07) is 7.32. The largest absolute Gasteiger partial charge is 0.465 e. The van der Waals surface area contributed by atoms with Gasteiger partial charge in [-0.05, 0) is 26.3 Å². The standard InChI is InChI=1S/C16H18N2O4/c1-10-14(21-9-17-10)12-6-4-11(5-7-12)13-8-22-16(2,3)18(13)15(19)20/h4-7,9,13H,8H2,1-3H3,(H,19,20)/t13-/m0/s1. The first-order valence-corrected chi connectivity index (χ1v) is 7.07. The Hall–Kier alpha value is -2.34. The summed E-state index contributed by atoms with van der Waals surface area (Å²) in [5.41, 5.74) is 1.81. The van der Waals surface area contributed by atoms with Crippen LogP contribution in [0.5, 0.6) is 0 Å². The maximum atomic E-state index is 11.5. The van der Waals surface area contributed by atoms with E-state index in [0.717, 1.165) is 22.6 Å². The Morgan fingerprint density at radius 2 is 2.05 bits per heavy atom. The molecule has 1 aromatic heterocycles. The highest BCUT2D eigenvalue weighted by Gasteiger charge is 2.44. The zero-order chi connectivity index (χ0) is 15.9. The lowest BCUT2D eigenvalue weighted by Gasteiger charge is -2.31. The Balaban J connectivity index is 1.90. The molecule has 1 fully saturated rings. The molecule has 116 valence electrons. The Morgan fingerprint density at radius 3 is 2.59 bits per heavy atom. The summed E-state index contributed by atoms with van der Waals surface area (Å²) in [4.78, 5) is 16.9. The van der Waals surface area contributed by atoms with Gasteiger partial charge in [-0.25, -0.2) is 9.78 Å². The number of hydrogen-bond donors (Lipinski definition) is 1. The fourth-order valence-electron chi connectivity index (χ4n) is 2.85. The van der Waals surface area contributed by atoms with E-state index in [1.807, 2.05) is 31.2 Å². The number of aromatic nitrogens is 1. The zero-order valence-electron chi connectivity index (χ0n) is 12.7. The molecule has 0 radical (unpaired) electrons. The summed E-state index contributed by atoms with van der Waals surface area (Å²) in [7, 11) is 0. The monoisotopic (exact) mass is 302 g/mol. The van der Waals surface area contributed by atoms with Crippen molar-refractivity contribution >= 4 is 6.09 Å². The highest BCUT2D eigenvalue weighted by molar-refractivity contribution is 5.67. The molecule has 0 unspecified atom stereocenters. The number of amides is 1. The van der Waals surface area contributed by atoms with E-state index >= 15 is 0 Å². The molecular weight excluding hydrogens is 284 g/mol. The van der Waals surface area contributed by atoms with E-state index < -0.39 is 11.8 Å². The minimum atomic E-state index is -0.984. The van der Waals surface area contributed by atoms with Crippen LogP contribution in [0.1, 0.15) is 31.1 Å². The minimum absolute atomic E-state index is 0.308. The number of aryl methyl sites for hydroxylation is 1. The Kier molecular flexibility index (Phi) is 3.41. The van der Waals surface area contributed by atoms with Gasteiger partial charge in [0.15, 0.2) is 12.2 Å². The third-order valence-electron chi connectivity index (χ3n) is 4.00. The lowest BCUT2D eigenvalue weighted by Crippen LogP contribution is -2.43. The van der Waals surface area contributed by atoms with E-state index in [1.54, 1.807) is 13.8 Å². The molecule has 6 nitrogen and oxygen atoms in total. The van der Waals surface area contributed by atoms with E-state index in [-0.39, 0.29) is 6.04 Å². The molecule has 1 aliphatic heterocycles. The molecule has 1 aromatic carbocycles. The van der Waals surface area contributed by atoms with Gasteiger partial charge in [0, 0.05) is 5.56 Å². The zero-order valence-corrected chi connectivity index (χ0v) is 12.7. The summed E-state index contributed by atoms with van der Waals surface area (Å²) < 4.78 is 11.0. The first kappa shape index (κ1) is 14.6. The predicted molar refractivity (Wildman–Crippen MR) is 79.3 cm³/mol. The van der Waals surface area contributed by atoms with Crippen molar-refractivity contribution < 1.29 is 19.1 Å². The number of ether oxygens (including phenoxy) is 1. The number of hydrogen-bond acceptors (Lipinski definition) is 4. The van der Waals surface area contributed by atoms with E-state index in [4.69, 9.17) is 9.15 Å². The molecule has 1 saturated heterocycles. The predicted octanol–water partition coefficient (Wildman–Crippen LogP) is 3.44. The molecular formula is C16H18N2O4. The van der Waals surface area contributed by atoms with Crippen LogP contribution in [0.25, 0.3) is 11.3 Å². The molecule has 0 bridgehead atoms. The number of carbonyl (C=O) groups is 1. The second kappa shape index (κ2) is 5.14. The number of benzene rings is 1. The SMILES string of the molecule is Cc1ncoc1-c1ccc([C@@H]2COC(C)(C)N2C(=O)O)cc1. The van der Waals surface area contributed by atoms with Gasteiger partial charge in [0.05, 0.1) is 18.3 Å². The molecule has 3 rings (SSSR count). The van der Waals surface area contributed by atoms with E-state index in [0.29, 0.717) is 6.61 Å². The molecule has 0 aliphatic carbocycles. The summed E-state index contributed by atoms with van der Waals surface area (Å²) in [6.07, 6.45) is 0.431. The lowest BCUT2D eigenvalue weighted by molar-refractivity contribution is -0.0420. The van der Waals surface area contributed by atoms with Gasteiger partial charge in [-0.1, -0.05) is 24.3 Å². The van der Waals surface area contributed by atoms with Crippen LogP contribution in [0.15, 0.2) is 35.1 Å². The van der Waals surface area contributed by atoms with E-state index in [1.165, 1.54) is 11.3 Å². The van der Waals surface area contributed by atoms with Gasteiger partial charge >= 0.3 is 6.09 Å². The van der Waals surface area contributed by atoms with Crippen molar-refractivity contribution in [2.45, 2.75) is 32.5 Å². The number of oxazole rings is 1. The maximum Gasteiger partial charge on any atom is 0.410 e. The van der Waals surface area contributed by atoms with Gasteiger partial charge in [-0.2, -0.15) is 0 Å². The summed E-state index contributed by atoms with van der Waals surface area (Å²) in [5.74, 6) is 0.727. The van der Waals surface area contributed by atoms with Gasteiger partial charge in [-0.3, -0.25) is 4.90 Å². The average Bonchev–Trinajstić information content (AvgIpc) is 3.02. The molecule has 0 spiro atoms. The second-order valence-corrected chi connectivity index (χ2v) is 5.82. The molecule has 6 heteroatoms. The van der Waals surface area contributed by atoms with Gasteiger partial charge in [-0.15, -0.1) is 0 Å². The average molecular weight is 302 g/mol. The maximum absolute atomic E-state index is 11.5. The van der Waals surface area contributed by atoms with Crippen molar-refractivity contribution in [1.82, 2.24) is 9.88 Å². The van der Waals surface area contributed by atoms with Crippen molar-refractivity contribution in [3.05, 3.63) is 41.9 Å². The smallest absolute Gasteiger partial charge is 0.410 e. The van der Waals surface area contributed by atoms with Crippen LogP contribution in [0.2, 0.25) is 0 Å². The summed E-state index contributed by atoms with van der Waals surface area (Å²) >= 11 is 0. The summed E-state index contributed by atoms with van der Waals surface area (Å²) in [6.45, 7) is 5.74. The topological polar surface area (TPSA) is 75.8 Å². The third-order valence-corrected chi connectivity index (χ3v) is 4.00. The molecule has 0 saturated carbocycles. The highest BCUT2D eigenvalue weighted by atomic mass is 16.5. The van der Waals surface area contributed by atoms with Crippen molar-refractivity contribution in [2.24, 2.45) is 0 Å². The van der Waals surface area contributed by atoms with Gasteiger partial charge < -0.3 is 14.3 Å². The molecule has 1 aliphatic rings. The normalized spacial score (nSPS) is 20.3. The van der Waals surface area contributed by atoms with Crippen molar-refractivity contribution in [1.29, 1.82) is 0 Å². The minimum Gasteiger partial charge on any atom is -0.465 e. The molecule has 2 heterocycles. The van der Waals surface area contributed by atoms with E-state index in [2.05, 4.69) is 4.98 Å². The quantitative estimate of drug-likeness (QED) is 0.919. The number of nitrogens with zero attached hydrogens (tertiary/aromatic N) is 2. The van der Waals surface area contributed by atoms with Gasteiger partial charge in [0.25, 0.3) is 0 Å².